The molecule has 0 aromatic rings. The van der Waals surface area contributed by atoms with Crippen molar-refractivity contribution in [3.63, 3.8) is 0 Å². The SMILES string of the molecule is CC[C@H]1CC[C@H]([C@H]2CC[C@H](C3=CC(=O)CCC3)CC2)CC1. The van der Waals surface area contributed by atoms with Crippen LogP contribution >= 0.6 is 0 Å². The van der Waals surface area contributed by atoms with Crippen LogP contribution in [0.3, 0.4) is 0 Å². The fourth-order valence-electron chi connectivity index (χ4n) is 5.17. The van der Waals surface area contributed by atoms with E-state index in [1.807, 2.05) is 6.08 Å². The van der Waals surface area contributed by atoms with E-state index in [2.05, 4.69) is 6.92 Å². The number of allylic oxidation sites excluding steroid dienone is 2. The average Bonchev–Trinajstić information content (AvgIpc) is 2.55. The van der Waals surface area contributed by atoms with Crippen LogP contribution in [0.2, 0.25) is 0 Å². The predicted octanol–water partition coefficient (Wildman–Crippen LogP) is 5.69. The van der Waals surface area contributed by atoms with Gasteiger partial charge in [0.05, 0.1) is 0 Å². The zero-order valence-electron chi connectivity index (χ0n) is 13.8. The molecule has 0 bridgehead atoms. The Hall–Kier alpha value is -0.590. The maximum atomic E-state index is 11.6. The third-order valence-electron chi connectivity index (χ3n) is 6.67. The summed E-state index contributed by atoms with van der Waals surface area (Å²) in [5.74, 6) is 4.18. The van der Waals surface area contributed by atoms with E-state index in [9.17, 15) is 4.79 Å². The van der Waals surface area contributed by atoms with Gasteiger partial charge in [-0.25, -0.2) is 0 Å². The second-order valence-corrected chi connectivity index (χ2v) is 7.84. The highest BCUT2D eigenvalue weighted by Crippen LogP contribution is 2.44. The first-order valence-electron chi connectivity index (χ1n) is 9.49. The maximum Gasteiger partial charge on any atom is 0.155 e. The molecule has 0 atom stereocenters. The van der Waals surface area contributed by atoms with Crippen molar-refractivity contribution in [2.45, 2.75) is 84.0 Å². The average molecular weight is 288 g/mol. The second kappa shape index (κ2) is 7.11. The standard InChI is InChI=1S/C20H32O/c1-2-15-6-8-16(9-7-15)17-10-12-18(13-11-17)19-4-3-5-20(21)14-19/h14-18H,2-13H2,1H3/t15-,16-,17-,18-. The van der Waals surface area contributed by atoms with Gasteiger partial charge in [0.25, 0.3) is 0 Å². The zero-order valence-corrected chi connectivity index (χ0v) is 13.8. The number of ketones is 1. The Balaban J connectivity index is 1.48. The summed E-state index contributed by atoms with van der Waals surface area (Å²) in [6.07, 6.45) is 18.0. The lowest BCUT2D eigenvalue weighted by Crippen LogP contribution is -2.26. The third kappa shape index (κ3) is 3.79. The summed E-state index contributed by atoms with van der Waals surface area (Å²) < 4.78 is 0. The normalized spacial score (nSPS) is 38.1. The molecule has 0 aromatic carbocycles. The van der Waals surface area contributed by atoms with E-state index in [1.165, 1.54) is 69.8 Å². The van der Waals surface area contributed by atoms with E-state index in [1.54, 1.807) is 0 Å². The summed E-state index contributed by atoms with van der Waals surface area (Å²) in [6.45, 7) is 2.36. The molecule has 1 heteroatoms. The van der Waals surface area contributed by atoms with E-state index < -0.39 is 0 Å². The number of rotatable bonds is 3. The zero-order chi connectivity index (χ0) is 14.7. The van der Waals surface area contributed by atoms with Crippen molar-refractivity contribution in [3.8, 4) is 0 Å². The van der Waals surface area contributed by atoms with Gasteiger partial charge in [0.2, 0.25) is 0 Å². The van der Waals surface area contributed by atoms with E-state index in [-0.39, 0.29) is 0 Å². The molecule has 0 radical (unpaired) electrons. The van der Waals surface area contributed by atoms with Crippen LogP contribution in [0.5, 0.6) is 0 Å². The van der Waals surface area contributed by atoms with Gasteiger partial charge in [-0.1, -0.05) is 31.8 Å². The minimum absolute atomic E-state index is 0.385. The minimum atomic E-state index is 0.385. The van der Waals surface area contributed by atoms with Crippen molar-refractivity contribution in [3.05, 3.63) is 11.6 Å². The summed E-state index contributed by atoms with van der Waals surface area (Å²) in [5.41, 5.74) is 1.50. The Bertz CT molecular complexity index is 379. The van der Waals surface area contributed by atoms with Crippen molar-refractivity contribution in [2.75, 3.05) is 0 Å². The molecular weight excluding hydrogens is 256 g/mol. The van der Waals surface area contributed by atoms with Gasteiger partial charge < -0.3 is 0 Å². The Morgan fingerprint density at radius 1 is 0.905 bits per heavy atom. The van der Waals surface area contributed by atoms with Crippen LogP contribution in [0.15, 0.2) is 11.6 Å². The van der Waals surface area contributed by atoms with Crippen LogP contribution in [0.25, 0.3) is 0 Å². The summed E-state index contributed by atoms with van der Waals surface area (Å²) >= 11 is 0. The highest BCUT2D eigenvalue weighted by Gasteiger charge is 2.31. The molecule has 118 valence electrons. The van der Waals surface area contributed by atoms with Gasteiger partial charge in [-0.05, 0) is 81.1 Å². The van der Waals surface area contributed by atoms with Crippen LogP contribution < -0.4 is 0 Å². The van der Waals surface area contributed by atoms with Crippen molar-refractivity contribution in [2.24, 2.45) is 23.7 Å². The van der Waals surface area contributed by atoms with Gasteiger partial charge >= 0.3 is 0 Å². The molecular formula is C20H32O. The predicted molar refractivity (Wildman–Crippen MR) is 88.1 cm³/mol. The quantitative estimate of drug-likeness (QED) is 0.652. The van der Waals surface area contributed by atoms with Gasteiger partial charge in [0, 0.05) is 6.42 Å². The number of carbonyl (C=O) groups excluding carboxylic acids is 1. The highest BCUT2D eigenvalue weighted by atomic mass is 16.1. The third-order valence-corrected chi connectivity index (χ3v) is 6.67. The molecule has 0 heterocycles. The molecule has 0 aliphatic heterocycles. The monoisotopic (exact) mass is 288 g/mol. The molecule has 0 aromatic heterocycles. The lowest BCUT2D eigenvalue weighted by Gasteiger charge is -2.38. The van der Waals surface area contributed by atoms with E-state index >= 15 is 0 Å². The maximum absolute atomic E-state index is 11.6. The Kier molecular flexibility index (Phi) is 5.19. The molecule has 0 N–H and O–H groups in total. The van der Waals surface area contributed by atoms with E-state index in [0.717, 1.165) is 36.5 Å². The number of carbonyl (C=O) groups is 1. The fraction of sp³-hybridized carbons (Fsp3) is 0.850. The van der Waals surface area contributed by atoms with Crippen molar-refractivity contribution in [1.82, 2.24) is 0 Å². The first-order valence-corrected chi connectivity index (χ1v) is 9.49. The van der Waals surface area contributed by atoms with Crippen molar-refractivity contribution >= 4 is 5.78 Å². The Morgan fingerprint density at radius 2 is 1.52 bits per heavy atom. The Morgan fingerprint density at radius 3 is 2.10 bits per heavy atom. The minimum Gasteiger partial charge on any atom is -0.295 e. The Labute approximate surface area is 130 Å². The summed E-state index contributed by atoms with van der Waals surface area (Å²) in [5, 5.41) is 0. The van der Waals surface area contributed by atoms with Gasteiger partial charge in [0.1, 0.15) is 0 Å². The highest BCUT2D eigenvalue weighted by molar-refractivity contribution is 5.91. The van der Waals surface area contributed by atoms with Gasteiger partial charge in [0.15, 0.2) is 5.78 Å². The molecule has 0 amide bonds. The second-order valence-electron chi connectivity index (χ2n) is 7.84. The summed E-state index contributed by atoms with van der Waals surface area (Å²) in [6, 6.07) is 0. The van der Waals surface area contributed by atoms with Gasteiger partial charge in [-0.15, -0.1) is 0 Å². The molecule has 3 aliphatic rings. The van der Waals surface area contributed by atoms with Gasteiger partial charge in [-0.3, -0.25) is 4.79 Å². The van der Waals surface area contributed by atoms with Crippen LogP contribution in [-0.2, 0) is 4.79 Å². The van der Waals surface area contributed by atoms with Crippen LogP contribution in [0.1, 0.15) is 84.0 Å². The molecule has 21 heavy (non-hydrogen) atoms. The lowest BCUT2D eigenvalue weighted by molar-refractivity contribution is -0.115. The molecule has 0 spiro atoms. The largest absolute Gasteiger partial charge is 0.295 e. The smallest absolute Gasteiger partial charge is 0.155 e. The molecule has 0 unspecified atom stereocenters. The number of hydrogen-bond donors (Lipinski definition) is 0. The van der Waals surface area contributed by atoms with Gasteiger partial charge in [-0.2, -0.15) is 0 Å². The molecule has 1 nitrogen and oxygen atoms in total. The molecule has 2 fully saturated rings. The van der Waals surface area contributed by atoms with E-state index in [0.29, 0.717) is 5.78 Å². The van der Waals surface area contributed by atoms with Crippen molar-refractivity contribution in [1.29, 1.82) is 0 Å². The first-order chi connectivity index (χ1) is 10.3. The topological polar surface area (TPSA) is 17.1 Å². The molecule has 0 saturated heterocycles. The first kappa shape index (κ1) is 15.3. The fourth-order valence-corrected chi connectivity index (χ4v) is 5.17. The summed E-state index contributed by atoms with van der Waals surface area (Å²) in [7, 11) is 0. The van der Waals surface area contributed by atoms with E-state index in [4.69, 9.17) is 0 Å². The van der Waals surface area contributed by atoms with Crippen LogP contribution in [0.4, 0.5) is 0 Å². The lowest BCUT2D eigenvalue weighted by atomic mass is 9.67. The van der Waals surface area contributed by atoms with Crippen LogP contribution in [0, 0.1) is 23.7 Å². The number of hydrogen-bond acceptors (Lipinski definition) is 1. The summed E-state index contributed by atoms with van der Waals surface area (Å²) in [4.78, 5) is 11.6. The van der Waals surface area contributed by atoms with Crippen molar-refractivity contribution < 1.29 is 4.79 Å². The van der Waals surface area contributed by atoms with Crippen LogP contribution in [-0.4, -0.2) is 5.78 Å². The molecule has 3 aliphatic carbocycles. The molecule has 3 rings (SSSR count). The molecule has 2 saturated carbocycles.